The predicted octanol–water partition coefficient (Wildman–Crippen LogP) is 2.15. The van der Waals surface area contributed by atoms with E-state index < -0.39 is 10.0 Å². The summed E-state index contributed by atoms with van der Waals surface area (Å²) in [5.74, 6) is 0.345. The number of benzene rings is 1. The Balaban J connectivity index is 1.64. The Kier molecular flexibility index (Phi) is 5.17. The molecule has 0 spiro atoms. The molecule has 1 saturated heterocycles. The second-order valence-corrected chi connectivity index (χ2v) is 9.44. The number of halogens is 1. The molecular formula is C16H21FN2O3S2. The second-order valence-electron chi connectivity index (χ2n) is 6.32. The Morgan fingerprint density at radius 2 is 2.00 bits per heavy atom. The number of fused-ring (bicyclic) bond motifs is 1. The van der Waals surface area contributed by atoms with Gasteiger partial charge in [-0.3, -0.25) is 4.79 Å². The van der Waals surface area contributed by atoms with Crippen LogP contribution >= 0.6 is 11.8 Å². The summed E-state index contributed by atoms with van der Waals surface area (Å²) < 4.78 is 38.0. The van der Waals surface area contributed by atoms with Gasteiger partial charge in [0.25, 0.3) is 0 Å². The second kappa shape index (κ2) is 7.01. The molecule has 2 aliphatic rings. The van der Waals surface area contributed by atoms with Crippen molar-refractivity contribution in [3.63, 3.8) is 0 Å². The van der Waals surface area contributed by atoms with Crippen LogP contribution in [-0.4, -0.2) is 43.7 Å². The molecule has 0 bridgehead atoms. The van der Waals surface area contributed by atoms with E-state index in [9.17, 15) is 17.6 Å². The number of sulfonamides is 1. The van der Waals surface area contributed by atoms with Gasteiger partial charge in [0.15, 0.2) is 0 Å². The highest BCUT2D eigenvalue weighted by Crippen LogP contribution is 2.36. The van der Waals surface area contributed by atoms with Crippen molar-refractivity contribution in [3.05, 3.63) is 29.6 Å². The topological polar surface area (TPSA) is 66.5 Å². The number of piperidine rings is 1. The third-order valence-electron chi connectivity index (χ3n) is 4.62. The van der Waals surface area contributed by atoms with Crippen molar-refractivity contribution in [3.8, 4) is 0 Å². The van der Waals surface area contributed by atoms with E-state index in [0.29, 0.717) is 25.9 Å². The number of nitrogens with one attached hydrogen (secondary N) is 1. The van der Waals surface area contributed by atoms with Crippen LogP contribution < -0.4 is 5.32 Å². The highest BCUT2D eigenvalue weighted by Gasteiger charge is 2.31. The van der Waals surface area contributed by atoms with Crippen LogP contribution in [-0.2, 0) is 14.8 Å². The number of amides is 1. The summed E-state index contributed by atoms with van der Waals surface area (Å²) >= 11 is 1.68. The number of hydrogen-bond acceptors (Lipinski definition) is 4. The lowest BCUT2D eigenvalue weighted by Gasteiger charge is -2.32. The molecule has 5 nitrogen and oxygen atoms in total. The van der Waals surface area contributed by atoms with Gasteiger partial charge in [-0.15, -0.1) is 11.8 Å². The molecule has 1 amide bonds. The van der Waals surface area contributed by atoms with Gasteiger partial charge in [0.2, 0.25) is 15.9 Å². The first-order valence-corrected chi connectivity index (χ1v) is 10.9. The number of thioether (sulfide) groups is 1. The summed E-state index contributed by atoms with van der Waals surface area (Å²) in [4.78, 5) is 13.6. The Bertz CT molecular complexity index is 731. The molecule has 1 N–H and O–H groups in total. The Labute approximate surface area is 146 Å². The Morgan fingerprint density at radius 3 is 2.67 bits per heavy atom. The molecule has 2 heterocycles. The molecule has 1 aromatic rings. The van der Waals surface area contributed by atoms with Crippen LogP contribution in [0.5, 0.6) is 0 Å². The van der Waals surface area contributed by atoms with Crippen molar-refractivity contribution in [1.29, 1.82) is 0 Å². The fourth-order valence-electron chi connectivity index (χ4n) is 3.25. The zero-order valence-corrected chi connectivity index (χ0v) is 15.1. The minimum absolute atomic E-state index is 0.0599. The standard InChI is InChI=1S/C16H21FN2O3S2/c1-24(21,22)19-7-4-11(5-8-19)16(20)18-14-6-9-23-15-3-2-12(17)10-13(14)15/h2-3,10-11,14H,4-9H2,1H3,(H,18,20). The van der Waals surface area contributed by atoms with E-state index in [2.05, 4.69) is 5.32 Å². The molecule has 1 aromatic carbocycles. The molecular weight excluding hydrogens is 351 g/mol. The lowest BCUT2D eigenvalue weighted by Crippen LogP contribution is -2.43. The van der Waals surface area contributed by atoms with Crippen LogP contribution in [0.15, 0.2) is 23.1 Å². The summed E-state index contributed by atoms with van der Waals surface area (Å²) in [6.07, 6.45) is 3.01. The fraction of sp³-hybridized carbons (Fsp3) is 0.562. The normalized spacial score (nSPS) is 22.8. The molecule has 8 heteroatoms. The zero-order chi connectivity index (χ0) is 17.3. The number of rotatable bonds is 3. The van der Waals surface area contributed by atoms with Gasteiger partial charge in [0.05, 0.1) is 12.3 Å². The van der Waals surface area contributed by atoms with Gasteiger partial charge in [-0.25, -0.2) is 17.1 Å². The van der Waals surface area contributed by atoms with Crippen LogP contribution in [0.2, 0.25) is 0 Å². The highest BCUT2D eigenvalue weighted by atomic mass is 32.2. The molecule has 24 heavy (non-hydrogen) atoms. The van der Waals surface area contributed by atoms with Crippen molar-refractivity contribution in [1.82, 2.24) is 9.62 Å². The molecule has 2 aliphatic heterocycles. The van der Waals surface area contributed by atoms with Gasteiger partial charge in [0.1, 0.15) is 5.82 Å². The molecule has 132 valence electrons. The molecule has 1 atom stereocenters. The molecule has 0 radical (unpaired) electrons. The van der Waals surface area contributed by atoms with Crippen LogP contribution in [0.25, 0.3) is 0 Å². The average Bonchev–Trinajstić information content (AvgIpc) is 2.54. The molecule has 1 fully saturated rings. The van der Waals surface area contributed by atoms with Crippen LogP contribution in [0.3, 0.4) is 0 Å². The van der Waals surface area contributed by atoms with Gasteiger partial charge >= 0.3 is 0 Å². The molecule has 0 saturated carbocycles. The monoisotopic (exact) mass is 372 g/mol. The first kappa shape index (κ1) is 17.7. The highest BCUT2D eigenvalue weighted by molar-refractivity contribution is 7.99. The number of carbonyl (C=O) groups excluding carboxylic acids is 1. The molecule has 0 aromatic heterocycles. The predicted molar refractivity (Wildman–Crippen MR) is 91.8 cm³/mol. The largest absolute Gasteiger partial charge is 0.349 e. The van der Waals surface area contributed by atoms with Crippen molar-refractivity contribution < 1.29 is 17.6 Å². The van der Waals surface area contributed by atoms with Gasteiger partial charge < -0.3 is 5.32 Å². The van der Waals surface area contributed by atoms with Crippen LogP contribution in [0, 0.1) is 11.7 Å². The lowest BCUT2D eigenvalue weighted by atomic mass is 9.95. The van der Waals surface area contributed by atoms with E-state index in [-0.39, 0.29) is 23.7 Å². The molecule has 3 rings (SSSR count). The fourth-order valence-corrected chi connectivity index (χ4v) is 5.23. The van der Waals surface area contributed by atoms with E-state index in [1.54, 1.807) is 17.8 Å². The molecule has 0 aliphatic carbocycles. The zero-order valence-electron chi connectivity index (χ0n) is 13.5. The van der Waals surface area contributed by atoms with Crippen molar-refractivity contribution in [2.75, 3.05) is 25.1 Å². The Morgan fingerprint density at radius 1 is 1.29 bits per heavy atom. The van der Waals surface area contributed by atoms with Crippen molar-refractivity contribution in [2.45, 2.75) is 30.2 Å². The summed E-state index contributed by atoms with van der Waals surface area (Å²) in [5.41, 5.74) is 0.841. The minimum atomic E-state index is -3.19. The third-order valence-corrected chi connectivity index (χ3v) is 7.05. The van der Waals surface area contributed by atoms with E-state index in [0.717, 1.165) is 22.6 Å². The van der Waals surface area contributed by atoms with Gasteiger partial charge in [-0.1, -0.05) is 0 Å². The lowest BCUT2D eigenvalue weighted by molar-refractivity contribution is -0.126. The third kappa shape index (κ3) is 3.92. The summed E-state index contributed by atoms with van der Waals surface area (Å²) in [6, 6.07) is 4.53. The smallest absolute Gasteiger partial charge is 0.223 e. The maximum absolute atomic E-state index is 13.5. The number of hydrogen-bond donors (Lipinski definition) is 1. The van der Waals surface area contributed by atoms with Crippen LogP contribution in [0.4, 0.5) is 4.39 Å². The van der Waals surface area contributed by atoms with E-state index in [4.69, 9.17) is 0 Å². The summed E-state index contributed by atoms with van der Waals surface area (Å²) in [6.45, 7) is 0.755. The molecule has 1 unspecified atom stereocenters. The van der Waals surface area contributed by atoms with Crippen LogP contribution in [0.1, 0.15) is 30.9 Å². The Hall–Kier alpha value is -1.12. The van der Waals surface area contributed by atoms with Gasteiger partial charge in [-0.2, -0.15) is 0 Å². The number of carbonyl (C=O) groups is 1. The number of nitrogens with zero attached hydrogens (tertiary/aromatic N) is 1. The van der Waals surface area contributed by atoms with Crippen molar-refractivity contribution >= 4 is 27.7 Å². The first-order valence-electron chi connectivity index (χ1n) is 8.02. The summed E-state index contributed by atoms with van der Waals surface area (Å²) in [7, 11) is -3.19. The van der Waals surface area contributed by atoms with E-state index >= 15 is 0 Å². The SMILES string of the molecule is CS(=O)(=O)N1CCC(C(=O)NC2CCSc3ccc(F)cc32)CC1. The van der Waals surface area contributed by atoms with Gasteiger partial charge in [-0.05, 0) is 43.0 Å². The van der Waals surface area contributed by atoms with E-state index in [1.807, 2.05) is 0 Å². The van der Waals surface area contributed by atoms with Crippen molar-refractivity contribution in [2.24, 2.45) is 5.92 Å². The first-order chi connectivity index (χ1) is 11.3. The average molecular weight is 372 g/mol. The van der Waals surface area contributed by atoms with Gasteiger partial charge in [0, 0.05) is 29.7 Å². The maximum atomic E-state index is 13.5. The quantitative estimate of drug-likeness (QED) is 0.883. The minimum Gasteiger partial charge on any atom is -0.349 e. The van der Waals surface area contributed by atoms with E-state index in [1.165, 1.54) is 22.7 Å². The maximum Gasteiger partial charge on any atom is 0.223 e. The summed E-state index contributed by atoms with van der Waals surface area (Å²) in [5, 5.41) is 3.04.